The van der Waals surface area contributed by atoms with Gasteiger partial charge in [-0.25, -0.2) is 9.97 Å². The first-order valence-corrected chi connectivity index (χ1v) is 7.44. The number of nitrogens with one attached hydrogen (secondary N) is 1. The standard InChI is InChI=1S/C16H22N4O/c1-3-14-15(18-4-2)19-12-20-16(14)21-11-5-6-13-7-9-17-10-8-13/h7-10,12H,3-6,11H2,1-2H3,(H,18,19,20). The Morgan fingerprint density at radius 3 is 2.67 bits per heavy atom. The second-order valence-electron chi connectivity index (χ2n) is 4.70. The van der Waals surface area contributed by atoms with E-state index in [0.29, 0.717) is 12.5 Å². The van der Waals surface area contributed by atoms with Crippen LogP contribution in [0.4, 0.5) is 5.82 Å². The summed E-state index contributed by atoms with van der Waals surface area (Å²) in [5.41, 5.74) is 2.32. The van der Waals surface area contributed by atoms with Crippen LogP contribution in [-0.4, -0.2) is 28.1 Å². The smallest absolute Gasteiger partial charge is 0.221 e. The molecule has 0 aromatic carbocycles. The van der Waals surface area contributed by atoms with E-state index < -0.39 is 0 Å². The molecule has 2 aromatic rings. The van der Waals surface area contributed by atoms with Gasteiger partial charge in [0.25, 0.3) is 0 Å². The minimum absolute atomic E-state index is 0.651. The average Bonchev–Trinajstić information content (AvgIpc) is 2.53. The highest BCUT2D eigenvalue weighted by Gasteiger charge is 2.10. The number of anilines is 1. The minimum atomic E-state index is 0.651. The fourth-order valence-corrected chi connectivity index (χ4v) is 2.15. The molecule has 0 aliphatic rings. The Hall–Kier alpha value is -2.17. The van der Waals surface area contributed by atoms with Crippen molar-refractivity contribution in [2.45, 2.75) is 33.1 Å². The van der Waals surface area contributed by atoms with Gasteiger partial charge in [0, 0.05) is 18.9 Å². The van der Waals surface area contributed by atoms with Crippen LogP contribution in [0.1, 0.15) is 31.4 Å². The molecule has 1 N–H and O–H groups in total. The maximum absolute atomic E-state index is 5.83. The maximum Gasteiger partial charge on any atom is 0.221 e. The average molecular weight is 286 g/mol. The Bertz CT molecular complexity index is 545. The number of hydrogen-bond acceptors (Lipinski definition) is 5. The highest BCUT2D eigenvalue weighted by Crippen LogP contribution is 2.22. The molecule has 0 unspecified atom stereocenters. The highest BCUT2D eigenvalue weighted by atomic mass is 16.5. The molecule has 2 rings (SSSR count). The van der Waals surface area contributed by atoms with Gasteiger partial charge in [0.1, 0.15) is 12.1 Å². The number of aryl methyl sites for hydroxylation is 1. The monoisotopic (exact) mass is 286 g/mol. The molecular weight excluding hydrogens is 264 g/mol. The predicted molar refractivity (Wildman–Crippen MR) is 83.6 cm³/mol. The Kier molecular flexibility index (Phi) is 5.94. The molecule has 2 aromatic heterocycles. The first kappa shape index (κ1) is 15.2. The molecule has 0 fully saturated rings. The zero-order valence-electron chi connectivity index (χ0n) is 12.7. The van der Waals surface area contributed by atoms with E-state index in [4.69, 9.17) is 4.74 Å². The van der Waals surface area contributed by atoms with E-state index in [-0.39, 0.29) is 0 Å². The van der Waals surface area contributed by atoms with Gasteiger partial charge in [-0.15, -0.1) is 0 Å². The van der Waals surface area contributed by atoms with Gasteiger partial charge in [-0.3, -0.25) is 4.98 Å². The van der Waals surface area contributed by atoms with E-state index in [1.807, 2.05) is 24.5 Å². The van der Waals surface area contributed by atoms with Crippen molar-refractivity contribution in [2.24, 2.45) is 0 Å². The number of pyridine rings is 1. The van der Waals surface area contributed by atoms with Gasteiger partial charge in [-0.2, -0.15) is 0 Å². The van der Waals surface area contributed by atoms with Gasteiger partial charge in [0.2, 0.25) is 5.88 Å². The van der Waals surface area contributed by atoms with Crippen molar-refractivity contribution < 1.29 is 4.74 Å². The first-order valence-electron chi connectivity index (χ1n) is 7.44. The van der Waals surface area contributed by atoms with Crippen LogP contribution in [0.15, 0.2) is 30.9 Å². The molecule has 0 saturated carbocycles. The van der Waals surface area contributed by atoms with Crippen molar-refractivity contribution >= 4 is 5.82 Å². The third-order valence-electron chi connectivity index (χ3n) is 3.20. The van der Waals surface area contributed by atoms with Crippen molar-refractivity contribution in [1.82, 2.24) is 15.0 Å². The molecule has 2 heterocycles. The number of ether oxygens (including phenoxy) is 1. The summed E-state index contributed by atoms with van der Waals surface area (Å²) >= 11 is 0. The second kappa shape index (κ2) is 8.19. The minimum Gasteiger partial charge on any atom is -0.477 e. The number of hydrogen-bond donors (Lipinski definition) is 1. The summed E-state index contributed by atoms with van der Waals surface area (Å²) in [6, 6.07) is 4.07. The molecule has 5 heteroatoms. The number of aromatic nitrogens is 3. The summed E-state index contributed by atoms with van der Waals surface area (Å²) in [6.45, 7) is 5.63. The van der Waals surface area contributed by atoms with E-state index in [2.05, 4.69) is 34.1 Å². The van der Waals surface area contributed by atoms with Crippen LogP contribution in [0.25, 0.3) is 0 Å². The normalized spacial score (nSPS) is 10.4. The van der Waals surface area contributed by atoms with Crippen LogP contribution in [0.2, 0.25) is 0 Å². The van der Waals surface area contributed by atoms with Crippen molar-refractivity contribution in [1.29, 1.82) is 0 Å². The Morgan fingerprint density at radius 1 is 1.14 bits per heavy atom. The first-order chi connectivity index (χ1) is 10.3. The van der Waals surface area contributed by atoms with E-state index in [0.717, 1.165) is 37.2 Å². The van der Waals surface area contributed by atoms with Crippen LogP contribution >= 0.6 is 0 Å². The summed E-state index contributed by atoms with van der Waals surface area (Å²) in [6.07, 6.45) is 7.97. The molecule has 0 saturated heterocycles. The Labute approximate surface area is 125 Å². The van der Waals surface area contributed by atoms with Crippen molar-refractivity contribution in [3.63, 3.8) is 0 Å². The van der Waals surface area contributed by atoms with E-state index in [1.54, 1.807) is 6.33 Å². The largest absolute Gasteiger partial charge is 0.477 e. The fraction of sp³-hybridized carbons (Fsp3) is 0.438. The van der Waals surface area contributed by atoms with E-state index in [9.17, 15) is 0 Å². The molecule has 0 spiro atoms. The van der Waals surface area contributed by atoms with Gasteiger partial charge in [0.15, 0.2) is 0 Å². The summed E-state index contributed by atoms with van der Waals surface area (Å²) in [5, 5.41) is 3.25. The lowest BCUT2D eigenvalue weighted by Crippen LogP contribution is -2.08. The van der Waals surface area contributed by atoms with Crippen molar-refractivity contribution in [3.05, 3.63) is 42.0 Å². The Morgan fingerprint density at radius 2 is 1.95 bits per heavy atom. The van der Waals surface area contributed by atoms with Crippen molar-refractivity contribution in [3.8, 4) is 5.88 Å². The van der Waals surface area contributed by atoms with Crippen LogP contribution in [-0.2, 0) is 12.8 Å². The molecule has 21 heavy (non-hydrogen) atoms. The van der Waals surface area contributed by atoms with Crippen LogP contribution in [0.5, 0.6) is 5.88 Å². The van der Waals surface area contributed by atoms with Crippen LogP contribution < -0.4 is 10.1 Å². The number of rotatable bonds is 8. The molecule has 112 valence electrons. The quantitative estimate of drug-likeness (QED) is 0.756. The molecule has 0 bridgehead atoms. The number of nitrogens with zero attached hydrogens (tertiary/aromatic N) is 3. The SMILES string of the molecule is CCNc1ncnc(OCCCc2ccncc2)c1CC. The van der Waals surface area contributed by atoms with Crippen LogP contribution in [0, 0.1) is 0 Å². The van der Waals surface area contributed by atoms with Gasteiger partial charge in [-0.05, 0) is 43.9 Å². The molecule has 0 aliphatic carbocycles. The fourth-order valence-electron chi connectivity index (χ4n) is 2.15. The van der Waals surface area contributed by atoms with Crippen LogP contribution in [0.3, 0.4) is 0 Å². The zero-order chi connectivity index (χ0) is 14.9. The molecule has 0 amide bonds. The molecule has 0 aliphatic heterocycles. The molecular formula is C16H22N4O. The summed E-state index contributed by atoms with van der Waals surface area (Å²) in [4.78, 5) is 12.5. The van der Waals surface area contributed by atoms with Crippen molar-refractivity contribution in [2.75, 3.05) is 18.5 Å². The van der Waals surface area contributed by atoms with Gasteiger partial charge < -0.3 is 10.1 Å². The van der Waals surface area contributed by atoms with Gasteiger partial charge in [0.05, 0.1) is 12.2 Å². The third kappa shape index (κ3) is 4.41. The molecule has 5 nitrogen and oxygen atoms in total. The highest BCUT2D eigenvalue weighted by molar-refractivity contribution is 5.48. The summed E-state index contributed by atoms with van der Waals surface area (Å²) in [7, 11) is 0. The molecule has 0 atom stereocenters. The lowest BCUT2D eigenvalue weighted by molar-refractivity contribution is 0.295. The topological polar surface area (TPSA) is 59.9 Å². The lowest BCUT2D eigenvalue weighted by Gasteiger charge is -2.13. The summed E-state index contributed by atoms with van der Waals surface area (Å²) in [5.74, 6) is 1.57. The maximum atomic E-state index is 5.83. The zero-order valence-corrected chi connectivity index (χ0v) is 12.7. The molecule has 0 radical (unpaired) electrons. The second-order valence-corrected chi connectivity index (χ2v) is 4.70. The van der Waals surface area contributed by atoms with E-state index >= 15 is 0 Å². The van der Waals surface area contributed by atoms with E-state index in [1.165, 1.54) is 5.56 Å². The van der Waals surface area contributed by atoms with Gasteiger partial charge >= 0.3 is 0 Å². The lowest BCUT2D eigenvalue weighted by atomic mass is 10.1. The predicted octanol–water partition coefficient (Wildman–Crippen LogP) is 2.88. The van der Waals surface area contributed by atoms with Gasteiger partial charge in [-0.1, -0.05) is 6.92 Å². The third-order valence-corrected chi connectivity index (χ3v) is 3.20. The Balaban J connectivity index is 1.89. The summed E-state index contributed by atoms with van der Waals surface area (Å²) < 4.78 is 5.83.